The highest BCUT2D eigenvalue weighted by atomic mass is 15.3. The van der Waals surface area contributed by atoms with Crippen LogP contribution in [0, 0.1) is 11.3 Å². The molecule has 0 saturated carbocycles. The van der Waals surface area contributed by atoms with Gasteiger partial charge in [0, 0.05) is 32.7 Å². The van der Waals surface area contributed by atoms with Crippen LogP contribution in [0.15, 0.2) is 0 Å². The van der Waals surface area contributed by atoms with Gasteiger partial charge in [0.1, 0.15) is 5.84 Å². The van der Waals surface area contributed by atoms with Crippen molar-refractivity contribution in [2.75, 3.05) is 39.3 Å². The summed E-state index contributed by atoms with van der Waals surface area (Å²) in [6.45, 7) is 10.7. The normalized spacial score (nSPS) is 20.2. The van der Waals surface area contributed by atoms with Crippen molar-refractivity contribution in [1.82, 2.24) is 9.80 Å². The summed E-state index contributed by atoms with van der Waals surface area (Å²) in [7, 11) is 0. The molecule has 0 aromatic heterocycles. The minimum Gasteiger partial charge on any atom is -0.387 e. The van der Waals surface area contributed by atoms with Crippen molar-refractivity contribution in [3.05, 3.63) is 0 Å². The molecule has 0 spiro atoms. The van der Waals surface area contributed by atoms with E-state index in [0.29, 0.717) is 6.54 Å². The number of nitrogens with two attached hydrogens (primary N) is 1. The third-order valence-corrected chi connectivity index (χ3v) is 2.48. The maximum atomic E-state index is 7.22. The first-order chi connectivity index (χ1) is 6.58. The second kappa shape index (κ2) is 5.32. The lowest BCUT2D eigenvalue weighted by Crippen LogP contribution is -2.49. The van der Waals surface area contributed by atoms with Crippen molar-refractivity contribution in [2.45, 2.75) is 13.8 Å². The molecular formula is C10H22N4. The van der Waals surface area contributed by atoms with E-state index in [-0.39, 0.29) is 5.84 Å². The van der Waals surface area contributed by atoms with Crippen molar-refractivity contribution in [2.24, 2.45) is 11.7 Å². The van der Waals surface area contributed by atoms with Crippen LogP contribution in [0.4, 0.5) is 0 Å². The predicted octanol–water partition coefficient (Wildman–Crippen LogP) is 0.196. The summed E-state index contributed by atoms with van der Waals surface area (Å²) in [6, 6.07) is 0. The van der Waals surface area contributed by atoms with Gasteiger partial charge >= 0.3 is 0 Å². The second-order valence-corrected chi connectivity index (χ2v) is 4.50. The second-order valence-electron chi connectivity index (χ2n) is 4.50. The lowest BCUT2D eigenvalue weighted by molar-refractivity contribution is 0.134. The molecule has 0 aromatic rings. The van der Waals surface area contributed by atoms with Crippen LogP contribution in [0.3, 0.4) is 0 Å². The van der Waals surface area contributed by atoms with Crippen molar-refractivity contribution in [1.29, 1.82) is 5.41 Å². The maximum Gasteiger partial charge on any atom is 0.105 e. The molecule has 0 atom stereocenters. The first kappa shape index (κ1) is 11.5. The van der Waals surface area contributed by atoms with Gasteiger partial charge in [-0.2, -0.15) is 0 Å². The molecule has 1 heterocycles. The van der Waals surface area contributed by atoms with Gasteiger partial charge in [-0.25, -0.2) is 0 Å². The Balaban J connectivity index is 2.21. The van der Waals surface area contributed by atoms with Crippen molar-refractivity contribution < 1.29 is 0 Å². The van der Waals surface area contributed by atoms with E-state index in [4.69, 9.17) is 11.1 Å². The van der Waals surface area contributed by atoms with E-state index in [0.717, 1.165) is 32.1 Å². The van der Waals surface area contributed by atoms with Gasteiger partial charge in [-0.1, -0.05) is 13.8 Å². The van der Waals surface area contributed by atoms with E-state index in [1.54, 1.807) is 0 Å². The largest absolute Gasteiger partial charge is 0.387 e. The number of piperazine rings is 1. The highest BCUT2D eigenvalue weighted by Gasteiger charge is 2.17. The van der Waals surface area contributed by atoms with Gasteiger partial charge in [-0.15, -0.1) is 0 Å². The van der Waals surface area contributed by atoms with Crippen LogP contribution in [0.5, 0.6) is 0 Å². The van der Waals surface area contributed by atoms with Crippen molar-refractivity contribution in [3.63, 3.8) is 0 Å². The van der Waals surface area contributed by atoms with Gasteiger partial charge in [0.25, 0.3) is 0 Å². The van der Waals surface area contributed by atoms with E-state index < -0.39 is 0 Å². The lowest BCUT2D eigenvalue weighted by Gasteiger charge is -2.35. The monoisotopic (exact) mass is 198 g/mol. The summed E-state index contributed by atoms with van der Waals surface area (Å²) in [5.74, 6) is 1.02. The number of nitrogens with zero attached hydrogens (tertiary/aromatic N) is 2. The molecule has 1 aliphatic heterocycles. The average molecular weight is 198 g/mol. The first-order valence-electron chi connectivity index (χ1n) is 5.35. The summed E-state index contributed by atoms with van der Waals surface area (Å²) in [5.41, 5.74) is 5.37. The summed E-state index contributed by atoms with van der Waals surface area (Å²) >= 11 is 0. The predicted molar refractivity (Wildman–Crippen MR) is 59.6 cm³/mol. The Morgan fingerprint density at radius 2 is 1.71 bits per heavy atom. The number of nitrogens with one attached hydrogen (secondary N) is 1. The zero-order valence-electron chi connectivity index (χ0n) is 9.29. The maximum absolute atomic E-state index is 7.22. The molecule has 14 heavy (non-hydrogen) atoms. The molecule has 1 rings (SSSR count). The Morgan fingerprint density at radius 3 is 2.14 bits per heavy atom. The Hall–Kier alpha value is -0.610. The molecule has 0 unspecified atom stereocenters. The molecule has 1 saturated heterocycles. The third-order valence-electron chi connectivity index (χ3n) is 2.48. The lowest BCUT2D eigenvalue weighted by atomic mass is 10.2. The van der Waals surface area contributed by atoms with Gasteiger partial charge in [0.05, 0.1) is 6.54 Å². The quantitative estimate of drug-likeness (QED) is 0.501. The van der Waals surface area contributed by atoms with Gasteiger partial charge in [0.15, 0.2) is 0 Å². The molecule has 3 N–H and O–H groups in total. The molecule has 0 aliphatic carbocycles. The molecule has 1 aliphatic rings. The zero-order valence-corrected chi connectivity index (χ0v) is 9.29. The van der Waals surface area contributed by atoms with Gasteiger partial charge in [-0.3, -0.25) is 10.3 Å². The van der Waals surface area contributed by atoms with E-state index in [1.807, 2.05) is 0 Å². The van der Waals surface area contributed by atoms with Crippen molar-refractivity contribution >= 4 is 5.84 Å². The number of hydrogen-bond donors (Lipinski definition) is 2. The van der Waals surface area contributed by atoms with Gasteiger partial charge < -0.3 is 10.6 Å². The van der Waals surface area contributed by atoms with Crippen LogP contribution in [0.2, 0.25) is 0 Å². The zero-order chi connectivity index (χ0) is 10.6. The average Bonchev–Trinajstić information content (AvgIpc) is 2.06. The van der Waals surface area contributed by atoms with Crippen LogP contribution in [0.25, 0.3) is 0 Å². The first-order valence-corrected chi connectivity index (χ1v) is 5.35. The summed E-state index contributed by atoms with van der Waals surface area (Å²) in [6.07, 6.45) is 0. The summed E-state index contributed by atoms with van der Waals surface area (Å²) in [5, 5.41) is 7.22. The summed E-state index contributed by atoms with van der Waals surface area (Å²) < 4.78 is 0. The van der Waals surface area contributed by atoms with Crippen LogP contribution >= 0.6 is 0 Å². The van der Waals surface area contributed by atoms with E-state index in [9.17, 15) is 0 Å². The highest BCUT2D eigenvalue weighted by Crippen LogP contribution is 2.04. The molecule has 0 aromatic carbocycles. The molecule has 0 radical (unpaired) electrons. The topological polar surface area (TPSA) is 56.4 Å². The minimum atomic E-state index is 0.280. The van der Waals surface area contributed by atoms with E-state index in [1.165, 1.54) is 6.54 Å². The highest BCUT2D eigenvalue weighted by molar-refractivity contribution is 5.78. The molecule has 4 nitrogen and oxygen atoms in total. The smallest absolute Gasteiger partial charge is 0.105 e. The van der Waals surface area contributed by atoms with Crippen LogP contribution in [-0.2, 0) is 0 Å². The fourth-order valence-electron chi connectivity index (χ4n) is 1.89. The Kier molecular flexibility index (Phi) is 4.35. The molecule has 82 valence electrons. The fourth-order valence-corrected chi connectivity index (χ4v) is 1.89. The fraction of sp³-hybridized carbons (Fsp3) is 0.900. The molecule has 1 fully saturated rings. The van der Waals surface area contributed by atoms with E-state index in [2.05, 4.69) is 23.6 Å². The van der Waals surface area contributed by atoms with Crippen LogP contribution in [-0.4, -0.2) is 54.9 Å². The SMILES string of the molecule is CC(C)CN1CCN(CC(=N)N)CC1. The van der Waals surface area contributed by atoms with Crippen LogP contribution < -0.4 is 5.73 Å². The van der Waals surface area contributed by atoms with E-state index >= 15 is 0 Å². The number of amidine groups is 1. The number of rotatable bonds is 4. The molecule has 0 amide bonds. The third kappa shape index (κ3) is 4.07. The van der Waals surface area contributed by atoms with Gasteiger partial charge in [-0.05, 0) is 5.92 Å². The minimum absolute atomic E-state index is 0.280. The molecule has 4 heteroatoms. The van der Waals surface area contributed by atoms with Gasteiger partial charge in [0.2, 0.25) is 0 Å². The Morgan fingerprint density at radius 1 is 1.21 bits per heavy atom. The van der Waals surface area contributed by atoms with Crippen molar-refractivity contribution in [3.8, 4) is 0 Å². The number of hydrogen-bond acceptors (Lipinski definition) is 3. The Labute approximate surface area is 86.6 Å². The molecular weight excluding hydrogens is 176 g/mol. The van der Waals surface area contributed by atoms with Crippen LogP contribution in [0.1, 0.15) is 13.8 Å². The Bertz CT molecular complexity index is 183. The standard InChI is InChI=1S/C10H22N4/c1-9(2)7-13-3-5-14(6-4-13)8-10(11)12/h9H,3-8H2,1-2H3,(H3,11,12). The summed E-state index contributed by atoms with van der Waals surface area (Å²) in [4.78, 5) is 4.74. The molecule has 0 bridgehead atoms.